The van der Waals surface area contributed by atoms with Crippen LogP contribution >= 0.6 is 0 Å². The average molecular weight is 205 g/mol. The van der Waals surface area contributed by atoms with Crippen molar-refractivity contribution in [2.75, 3.05) is 6.54 Å². The van der Waals surface area contributed by atoms with Crippen molar-refractivity contribution in [3.63, 3.8) is 0 Å². The van der Waals surface area contributed by atoms with E-state index in [1.165, 1.54) is 25.0 Å². The minimum atomic E-state index is 0.368. The molecule has 82 valence electrons. The zero-order chi connectivity index (χ0) is 10.3. The number of hydrogen-bond donors (Lipinski definition) is 1. The smallest absolute Gasteiger partial charge is 0.136 e. The molecule has 3 unspecified atom stereocenters. The highest BCUT2D eigenvalue weighted by Gasteiger charge is 2.37. The first-order chi connectivity index (χ1) is 7.34. The molecule has 2 aliphatic carbocycles. The Bertz CT molecular complexity index is 308. The van der Waals surface area contributed by atoms with Gasteiger partial charge in [0.15, 0.2) is 0 Å². The molecule has 1 N–H and O–H groups in total. The van der Waals surface area contributed by atoms with Crippen molar-refractivity contribution < 1.29 is 4.79 Å². The number of ketones is 1. The molecule has 0 bridgehead atoms. The topological polar surface area (TPSA) is 29.1 Å². The van der Waals surface area contributed by atoms with Gasteiger partial charge < -0.3 is 5.32 Å². The van der Waals surface area contributed by atoms with Gasteiger partial charge >= 0.3 is 0 Å². The molecule has 1 heterocycles. The second-order valence-corrected chi connectivity index (χ2v) is 5.25. The van der Waals surface area contributed by atoms with Crippen LogP contribution in [-0.4, -0.2) is 12.3 Å². The van der Waals surface area contributed by atoms with E-state index in [9.17, 15) is 4.79 Å². The maximum absolute atomic E-state index is 11.9. The monoisotopic (exact) mass is 205 g/mol. The number of allylic oxidation sites excluding steroid dienone is 2. The van der Waals surface area contributed by atoms with Crippen LogP contribution in [0.3, 0.4) is 0 Å². The molecule has 0 aromatic rings. The highest BCUT2D eigenvalue weighted by atomic mass is 16.1. The van der Waals surface area contributed by atoms with Crippen LogP contribution in [0.1, 0.15) is 38.5 Å². The maximum atomic E-state index is 11.9. The van der Waals surface area contributed by atoms with Gasteiger partial charge in [-0.1, -0.05) is 6.08 Å². The molecule has 2 heteroatoms. The minimum Gasteiger partial charge on any atom is -0.388 e. The molecule has 1 saturated carbocycles. The summed E-state index contributed by atoms with van der Waals surface area (Å²) in [6, 6.07) is 0. The van der Waals surface area contributed by atoms with Crippen molar-refractivity contribution in [1.29, 1.82) is 0 Å². The Morgan fingerprint density at radius 2 is 2.20 bits per heavy atom. The molecule has 0 aromatic carbocycles. The molecule has 0 spiro atoms. The largest absolute Gasteiger partial charge is 0.388 e. The van der Waals surface area contributed by atoms with Crippen molar-refractivity contribution in [3.8, 4) is 0 Å². The fraction of sp³-hybridized carbons (Fsp3) is 0.769. The lowest BCUT2D eigenvalue weighted by Crippen LogP contribution is -2.38. The van der Waals surface area contributed by atoms with Gasteiger partial charge in [-0.2, -0.15) is 0 Å². The molecule has 2 fully saturated rings. The third-order valence-electron chi connectivity index (χ3n) is 4.32. The summed E-state index contributed by atoms with van der Waals surface area (Å²) in [7, 11) is 0. The number of hydrogen-bond acceptors (Lipinski definition) is 2. The number of fused-ring (bicyclic) bond motifs is 2. The summed E-state index contributed by atoms with van der Waals surface area (Å²) < 4.78 is 0. The van der Waals surface area contributed by atoms with E-state index in [1.54, 1.807) is 0 Å². The number of nitrogens with one attached hydrogen (secondary N) is 1. The molecule has 3 atom stereocenters. The van der Waals surface area contributed by atoms with Crippen LogP contribution in [0.2, 0.25) is 0 Å². The third-order valence-corrected chi connectivity index (χ3v) is 4.32. The number of rotatable bonds is 0. The Kier molecular flexibility index (Phi) is 2.30. The minimum absolute atomic E-state index is 0.368. The Morgan fingerprint density at radius 3 is 3.13 bits per heavy atom. The molecule has 15 heavy (non-hydrogen) atoms. The molecular formula is C13H19NO. The highest BCUT2D eigenvalue weighted by molar-refractivity contribution is 5.82. The molecule has 1 saturated heterocycles. The van der Waals surface area contributed by atoms with Crippen LogP contribution in [-0.2, 0) is 4.79 Å². The molecule has 0 amide bonds. The summed E-state index contributed by atoms with van der Waals surface area (Å²) in [5.41, 5.74) is 1.46. The molecule has 0 radical (unpaired) electrons. The third kappa shape index (κ3) is 1.60. The zero-order valence-electron chi connectivity index (χ0n) is 9.17. The van der Waals surface area contributed by atoms with Crippen LogP contribution < -0.4 is 5.32 Å². The van der Waals surface area contributed by atoms with Gasteiger partial charge in [-0.25, -0.2) is 0 Å². The van der Waals surface area contributed by atoms with Gasteiger partial charge in [-0.05, 0) is 43.9 Å². The normalized spacial score (nSPS) is 39.9. The summed E-state index contributed by atoms with van der Waals surface area (Å²) in [4.78, 5) is 11.9. The van der Waals surface area contributed by atoms with Crippen LogP contribution in [0.4, 0.5) is 0 Å². The predicted octanol–water partition coefficient (Wildman–Crippen LogP) is 2.26. The fourth-order valence-corrected chi connectivity index (χ4v) is 3.50. The van der Waals surface area contributed by atoms with E-state index < -0.39 is 0 Å². The van der Waals surface area contributed by atoms with Crippen molar-refractivity contribution >= 4 is 5.78 Å². The highest BCUT2D eigenvalue weighted by Crippen LogP contribution is 2.41. The van der Waals surface area contributed by atoms with Crippen molar-refractivity contribution in [1.82, 2.24) is 5.32 Å². The lowest BCUT2D eigenvalue weighted by molar-refractivity contribution is -0.126. The number of piperidine rings is 1. The standard InChI is InChI=1S/C13H19NO/c15-13-5-1-3-9-8-12-10(7-11(9)13)4-2-6-14-12/h8-11,14H,1-7H2. The lowest BCUT2D eigenvalue weighted by atomic mass is 9.68. The second-order valence-electron chi connectivity index (χ2n) is 5.25. The summed E-state index contributed by atoms with van der Waals surface area (Å²) in [6.07, 6.45) is 9.24. The molecule has 1 aliphatic heterocycles. The summed E-state index contributed by atoms with van der Waals surface area (Å²) in [5.74, 6) is 2.13. The van der Waals surface area contributed by atoms with Crippen LogP contribution in [0.5, 0.6) is 0 Å². The molecule has 0 aromatic heterocycles. The molecule has 3 aliphatic rings. The quantitative estimate of drug-likeness (QED) is 0.657. The zero-order valence-corrected chi connectivity index (χ0v) is 9.17. The number of carbonyl (C=O) groups excluding carboxylic acids is 1. The number of Topliss-reactive ketones (excluding diaryl/α,β-unsaturated/α-hetero) is 1. The first kappa shape index (κ1) is 9.44. The van der Waals surface area contributed by atoms with E-state index in [-0.39, 0.29) is 0 Å². The lowest BCUT2D eigenvalue weighted by Gasteiger charge is -2.39. The first-order valence-electron chi connectivity index (χ1n) is 6.33. The van der Waals surface area contributed by atoms with Gasteiger partial charge in [0, 0.05) is 24.6 Å². The van der Waals surface area contributed by atoms with E-state index in [4.69, 9.17) is 0 Å². The summed E-state index contributed by atoms with van der Waals surface area (Å²) in [5, 5.41) is 3.52. The Hall–Kier alpha value is -0.790. The van der Waals surface area contributed by atoms with Gasteiger partial charge in [-0.3, -0.25) is 4.79 Å². The predicted molar refractivity (Wildman–Crippen MR) is 59.3 cm³/mol. The Morgan fingerprint density at radius 1 is 1.27 bits per heavy atom. The van der Waals surface area contributed by atoms with Gasteiger partial charge in [0.05, 0.1) is 0 Å². The maximum Gasteiger partial charge on any atom is 0.136 e. The van der Waals surface area contributed by atoms with Crippen molar-refractivity contribution in [2.24, 2.45) is 17.8 Å². The Balaban J connectivity index is 1.85. The molecule has 3 rings (SSSR count). The van der Waals surface area contributed by atoms with E-state index in [0.29, 0.717) is 23.5 Å². The van der Waals surface area contributed by atoms with Crippen LogP contribution in [0, 0.1) is 17.8 Å². The number of carbonyl (C=O) groups is 1. The van der Waals surface area contributed by atoms with Gasteiger partial charge in [-0.15, -0.1) is 0 Å². The van der Waals surface area contributed by atoms with Gasteiger partial charge in [0.2, 0.25) is 0 Å². The van der Waals surface area contributed by atoms with E-state index >= 15 is 0 Å². The van der Waals surface area contributed by atoms with Crippen LogP contribution in [0.15, 0.2) is 11.8 Å². The second kappa shape index (κ2) is 3.66. The van der Waals surface area contributed by atoms with Crippen molar-refractivity contribution in [2.45, 2.75) is 38.5 Å². The van der Waals surface area contributed by atoms with E-state index in [1.807, 2.05) is 0 Å². The van der Waals surface area contributed by atoms with Crippen LogP contribution in [0.25, 0.3) is 0 Å². The van der Waals surface area contributed by atoms with E-state index in [2.05, 4.69) is 11.4 Å². The van der Waals surface area contributed by atoms with Gasteiger partial charge in [0.1, 0.15) is 5.78 Å². The summed E-state index contributed by atoms with van der Waals surface area (Å²) >= 11 is 0. The SMILES string of the molecule is O=C1CCCC2C=C3NCCCC3CC12. The fourth-order valence-electron chi connectivity index (χ4n) is 3.50. The Labute approximate surface area is 91.1 Å². The van der Waals surface area contributed by atoms with Crippen molar-refractivity contribution in [3.05, 3.63) is 11.8 Å². The molecular weight excluding hydrogens is 186 g/mol. The van der Waals surface area contributed by atoms with Gasteiger partial charge in [0.25, 0.3) is 0 Å². The van der Waals surface area contributed by atoms with E-state index in [0.717, 1.165) is 25.8 Å². The summed E-state index contributed by atoms with van der Waals surface area (Å²) in [6.45, 7) is 1.13. The molecule has 2 nitrogen and oxygen atoms in total. The average Bonchev–Trinajstić information content (AvgIpc) is 2.27. The first-order valence-corrected chi connectivity index (χ1v) is 6.33.